The van der Waals surface area contributed by atoms with Crippen molar-refractivity contribution in [1.29, 1.82) is 0 Å². The smallest absolute Gasteiger partial charge is 0.266 e. The Bertz CT molecular complexity index is 649. The van der Waals surface area contributed by atoms with Crippen LogP contribution in [0.15, 0.2) is 24.5 Å². The molecule has 2 unspecified atom stereocenters. The number of amides is 1. The Hall–Kier alpha value is -1.27. The molecule has 2 fully saturated rings. The van der Waals surface area contributed by atoms with E-state index in [9.17, 15) is 4.79 Å². The van der Waals surface area contributed by atoms with Crippen LogP contribution in [0.3, 0.4) is 0 Å². The maximum absolute atomic E-state index is 12.7. The summed E-state index contributed by atoms with van der Waals surface area (Å²) in [5.74, 6) is 1.27. The van der Waals surface area contributed by atoms with Gasteiger partial charge in [-0.3, -0.25) is 4.79 Å². The van der Waals surface area contributed by atoms with Crippen molar-refractivity contribution in [2.45, 2.75) is 24.6 Å². The molecule has 1 amide bonds. The summed E-state index contributed by atoms with van der Waals surface area (Å²) >= 11 is 3.50. The Balaban J connectivity index is 1.64. The molecule has 0 spiro atoms. The third-order valence-electron chi connectivity index (χ3n) is 3.97. The fourth-order valence-electron chi connectivity index (χ4n) is 2.93. The highest BCUT2D eigenvalue weighted by atomic mass is 32.2. The van der Waals surface area contributed by atoms with Crippen LogP contribution < -0.4 is 0 Å². The predicted molar refractivity (Wildman–Crippen MR) is 81.9 cm³/mol. The van der Waals surface area contributed by atoms with Gasteiger partial charge in [0.15, 0.2) is 5.13 Å². The zero-order valence-electron chi connectivity index (χ0n) is 11.2. The molecule has 0 N–H and O–H groups in total. The van der Waals surface area contributed by atoms with Crippen LogP contribution in [0.25, 0.3) is 5.13 Å². The fraction of sp³-hybridized carbons (Fsp3) is 0.429. The van der Waals surface area contributed by atoms with Crippen LogP contribution in [0.2, 0.25) is 0 Å². The monoisotopic (exact) mass is 305 g/mol. The average Bonchev–Trinajstić information content (AvgIpc) is 3.21. The first-order chi connectivity index (χ1) is 9.72. The van der Waals surface area contributed by atoms with Crippen LogP contribution in [0, 0.1) is 6.92 Å². The number of carbonyl (C=O) groups excluding carboxylic acids is 1. The quantitative estimate of drug-likeness (QED) is 0.856. The fourth-order valence-corrected chi connectivity index (χ4v) is 5.36. The molecule has 0 radical (unpaired) electrons. The Morgan fingerprint density at radius 2 is 2.20 bits per heavy atom. The minimum atomic E-state index is 0.172. The summed E-state index contributed by atoms with van der Waals surface area (Å²) in [6, 6.07) is 4.37. The number of likely N-dealkylation sites (tertiary alicyclic amines) is 1. The minimum Gasteiger partial charge on any atom is -0.333 e. The molecule has 104 valence electrons. The molecular formula is C14H15N3OS2. The lowest BCUT2D eigenvalue weighted by atomic mass is 10.2. The van der Waals surface area contributed by atoms with Crippen molar-refractivity contribution in [2.24, 2.45) is 0 Å². The Morgan fingerprint density at radius 3 is 2.85 bits per heavy atom. The number of aryl methyl sites for hydroxylation is 1. The summed E-state index contributed by atoms with van der Waals surface area (Å²) in [5, 5.41) is 1.52. The summed E-state index contributed by atoms with van der Waals surface area (Å²) < 4.78 is 1.96. The van der Waals surface area contributed by atoms with Crippen molar-refractivity contribution >= 4 is 29.0 Å². The van der Waals surface area contributed by atoms with Gasteiger partial charge in [0.1, 0.15) is 4.88 Å². The lowest BCUT2D eigenvalue weighted by Gasteiger charge is -2.26. The zero-order valence-corrected chi connectivity index (χ0v) is 12.8. The largest absolute Gasteiger partial charge is 0.333 e. The summed E-state index contributed by atoms with van der Waals surface area (Å²) in [4.78, 5) is 20.1. The number of hydrogen-bond donors (Lipinski definition) is 0. The molecule has 4 nitrogen and oxygen atoms in total. The molecule has 0 aliphatic carbocycles. The predicted octanol–water partition coefficient (Wildman–Crippen LogP) is 2.57. The zero-order chi connectivity index (χ0) is 13.7. The molecule has 2 aliphatic rings. The number of thioether (sulfide) groups is 1. The summed E-state index contributed by atoms with van der Waals surface area (Å²) in [6.45, 7) is 2.84. The third kappa shape index (κ3) is 1.90. The highest BCUT2D eigenvalue weighted by Crippen LogP contribution is 2.39. The van der Waals surface area contributed by atoms with Crippen LogP contribution in [0.1, 0.15) is 21.8 Å². The maximum atomic E-state index is 12.7. The highest BCUT2D eigenvalue weighted by molar-refractivity contribution is 8.00. The van der Waals surface area contributed by atoms with E-state index >= 15 is 0 Å². The van der Waals surface area contributed by atoms with Gasteiger partial charge in [-0.15, -0.1) is 0 Å². The van der Waals surface area contributed by atoms with E-state index in [0.29, 0.717) is 11.3 Å². The first-order valence-corrected chi connectivity index (χ1v) is 8.62. The Labute approximate surface area is 125 Å². The number of hydrogen-bond acceptors (Lipinski definition) is 4. The van der Waals surface area contributed by atoms with Crippen molar-refractivity contribution in [3.8, 4) is 5.13 Å². The second-order valence-electron chi connectivity index (χ2n) is 5.30. The van der Waals surface area contributed by atoms with E-state index in [0.717, 1.165) is 28.0 Å². The first-order valence-electron chi connectivity index (χ1n) is 6.75. The molecule has 2 bridgehead atoms. The number of aromatic nitrogens is 2. The number of carbonyl (C=O) groups is 1. The van der Waals surface area contributed by atoms with Crippen LogP contribution >= 0.6 is 23.1 Å². The lowest BCUT2D eigenvalue weighted by Crippen LogP contribution is -2.39. The molecule has 20 heavy (non-hydrogen) atoms. The van der Waals surface area contributed by atoms with Gasteiger partial charge >= 0.3 is 0 Å². The van der Waals surface area contributed by atoms with E-state index in [1.54, 1.807) is 0 Å². The van der Waals surface area contributed by atoms with Crippen molar-refractivity contribution in [3.63, 3.8) is 0 Å². The van der Waals surface area contributed by atoms with Crippen molar-refractivity contribution in [3.05, 3.63) is 35.1 Å². The van der Waals surface area contributed by atoms with Gasteiger partial charge in [0, 0.05) is 36.0 Å². The van der Waals surface area contributed by atoms with Gasteiger partial charge in [0.05, 0.1) is 5.69 Å². The molecule has 0 aromatic carbocycles. The van der Waals surface area contributed by atoms with E-state index in [1.807, 2.05) is 47.8 Å². The maximum Gasteiger partial charge on any atom is 0.266 e. The molecule has 2 aromatic rings. The van der Waals surface area contributed by atoms with E-state index in [4.69, 9.17) is 0 Å². The SMILES string of the molecule is Cc1nc(-n2cccc2)sc1C(=O)N1CC2CC1CS2. The van der Waals surface area contributed by atoms with Gasteiger partial charge in [-0.25, -0.2) is 4.98 Å². The van der Waals surface area contributed by atoms with E-state index < -0.39 is 0 Å². The molecule has 4 heterocycles. The lowest BCUT2D eigenvalue weighted by molar-refractivity contribution is 0.0751. The molecule has 2 saturated heterocycles. The van der Waals surface area contributed by atoms with E-state index in [-0.39, 0.29) is 5.91 Å². The molecule has 4 rings (SSSR count). The van der Waals surface area contributed by atoms with Gasteiger partial charge in [0.25, 0.3) is 5.91 Å². The minimum absolute atomic E-state index is 0.172. The number of thiazole rings is 1. The number of nitrogens with zero attached hydrogens (tertiary/aromatic N) is 3. The van der Waals surface area contributed by atoms with Gasteiger partial charge in [0.2, 0.25) is 0 Å². The van der Waals surface area contributed by atoms with Gasteiger partial charge in [-0.2, -0.15) is 11.8 Å². The van der Waals surface area contributed by atoms with E-state index in [1.165, 1.54) is 17.8 Å². The second kappa shape index (κ2) is 4.63. The van der Waals surface area contributed by atoms with Gasteiger partial charge in [-0.1, -0.05) is 11.3 Å². The highest BCUT2D eigenvalue weighted by Gasteiger charge is 2.41. The second-order valence-corrected chi connectivity index (χ2v) is 7.61. The summed E-state index contributed by atoms with van der Waals surface area (Å²) in [6.07, 6.45) is 5.08. The standard InChI is InChI=1S/C14H15N3OS2/c1-9-12(20-14(15-9)16-4-2-3-5-16)13(18)17-7-11-6-10(17)8-19-11/h2-5,10-11H,6-8H2,1H3. The molecule has 0 saturated carbocycles. The van der Waals surface area contributed by atoms with Crippen molar-refractivity contribution in [1.82, 2.24) is 14.5 Å². The van der Waals surface area contributed by atoms with Crippen molar-refractivity contribution < 1.29 is 4.79 Å². The normalized spacial score (nSPS) is 24.6. The molecule has 6 heteroatoms. The third-order valence-corrected chi connectivity index (χ3v) is 6.52. The van der Waals surface area contributed by atoms with Crippen LogP contribution in [-0.4, -0.2) is 43.9 Å². The summed E-state index contributed by atoms with van der Waals surface area (Å²) in [5.41, 5.74) is 0.846. The molecule has 2 aromatic heterocycles. The first kappa shape index (κ1) is 12.5. The number of rotatable bonds is 2. The van der Waals surface area contributed by atoms with Crippen LogP contribution in [0.4, 0.5) is 0 Å². The topological polar surface area (TPSA) is 38.1 Å². The number of fused-ring (bicyclic) bond motifs is 2. The molecule has 2 aliphatic heterocycles. The molecule has 2 atom stereocenters. The van der Waals surface area contributed by atoms with Gasteiger partial charge in [-0.05, 0) is 25.5 Å². The van der Waals surface area contributed by atoms with Gasteiger partial charge < -0.3 is 9.47 Å². The Kier molecular flexibility index (Phi) is 2.89. The van der Waals surface area contributed by atoms with Crippen LogP contribution in [-0.2, 0) is 0 Å². The Morgan fingerprint density at radius 1 is 1.40 bits per heavy atom. The summed E-state index contributed by atoms with van der Waals surface area (Å²) in [7, 11) is 0. The average molecular weight is 305 g/mol. The molecular weight excluding hydrogens is 290 g/mol. The van der Waals surface area contributed by atoms with Crippen molar-refractivity contribution in [2.75, 3.05) is 12.3 Å². The van der Waals surface area contributed by atoms with E-state index in [2.05, 4.69) is 9.88 Å². The van der Waals surface area contributed by atoms with Crippen LogP contribution in [0.5, 0.6) is 0 Å².